The topological polar surface area (TPSA) is 6.48 Å². The van der Waals surface area contributed by atoms with E-state index in [1.807, 2.05) is 6.07 Å². The van der Waals surface area contributed by atoms with Crippen LogP contribution in [-0.2, 0) is 6.54 Å². The molecule has 0 bridgehead atoms. The lowest BCUT2D eigenvalue weighted by molar-refractivity contribution is 0.0355. The average Bonchev–Trinajstić information content (AvgIpc) is 2.42. The molecule has 1 aromatic rings. The molecule has 20 heavy (non-hydrogen) atoms. The standard InChI is InChI=1S/C16H22BrClN2/c1-19-7-2-3-13-11-20(8-6-16(13)19)10-12-4-5-14(17)9-15(12)18/h4-5,9,13,16H,2-3,6-8,10-11H2,1H3. The SMILES string of the molecule is CN1CCCC2CN(Cc3ccc(Br)cc3Cl)CCC21. The molecule has 2 fully saturated rings. The van der Waals surface area contributed by atoms with Gasteiger partial charge in [0.05, 0.1) is 0 Å². The van der Waals surface area contributed by atoms with Gasteiger partial charge in [-0.25, -0.2) is 0 Å². The number of benzene rings is 1. The van der Waals surface area contributed by atoms with Crippen LogP contribution in [0, 0.1) is 5.92 Å². The van der Waals surface area contributed by atoms with Gasteiger partial charge in [0.1, 0.15) is 0 Å². The van der Waals surface area contributed by atoms with E-state index in [0.29, 0.717) is 0 Å². The van der Waals surface area contributed by atoms with Gasteiger partial charge in [0, 0.05) is 28.6 Å². The third-order valence-electron chi connectivity index (χ3n) is 4.84. The zero-order chi connectivity index (χ0) is 14.1. The molecule has 4 heteroatoms. The molecule has 0 aromatic heterocycles. The molecule has 0 amide bonds. The minimum absolute atomic E-state index is 0.806. The smallest absolute Gasteiger partial charge is 0.0462 e. The van der Waals surface area contributed by atoms with Crippen molar-refractivity contribution < 1.29 is 0 Å². The molecule has 1 aromatic carbocycles. The number of rotatable bonds is 2. The summed E-state index contributed by atoms with van der Waals surface area (Å²) in [5.74, 6) is 0.844. The molecular weight excluding hydrogens is 336 g/mol. The highest BCUT2D eigenvalue weighted by Gasteiger charge is 2.34. The summed E-state index contributed by atoms with van der Waals surface area (Å²) >= 11 is 9.81. The second kappa shape index (κ2) is 6.35. The van der Waals surface area contributed by atoms with E-state index in [9.17, 15) is 0 Å². The van der Waals surface area contributed by atoms with Gasteiger partial charge < -0.3 is 4.90 Å². The summed E-state index contributed by atoms with van der Waals surface area (Å²) in [7, 11) is 2.29. The van der Waals surface area contributed by atoms with Crippen molar-refractivity contribution in [1.82, 2.24) is 9.80 Å². The summed E-state index contributed by atoms with van der Waals surface area (Å²) in [6.45, 7) is 4.68. The predicted molar refractivity (Wildman–Crippen MR) is 88.2 cm³/mol. The first kappa shape index (κ1) is 14.8. The van der Waals surface area contributed by atoms with E-state index in [1.54, 1.807) is 0 Å². The van der Waals surface area contributed by atoms with Crippen LogP contribution in [0.1, 0.15) is 24.8 Å². The monoisotopic (exact) mass is 356 g/mol. The zero-order valence-corrected chi connectivity index (χ0v) is 14.3. The number of hydrogen-bond acceptors (Lipinski definition) is 2. The maximum absolute atomic E-state index is 6.34. The number of nitrogens with zero attached hydrogens (tertiary/aromatic N) is 2. The van der Waals surface area contributed by atoms with Crippen LogP contribution in [0.25, 0.3) is 0 Å². The lowest BCUT2D eigenvalue weighted by Crippen LogP contribution is -2.52. The van der Waals surface area contributed by atoms with E-state index in [1.165, 1.54) is 44.5 Å². The molecule has 2 aliphatic heterocycles. The molecule has 0 saturated carbocycles. The first-order chi connectivity index (χ1) is 9.63. The fourth-order valence-electron chi connectivity index (χ4n) is 3.76. The van der Waals surface area contributed by atoms with Crippen molar-refractivity contribution in [1.29, 1.82) is 0 Å². The molecule has 0 aliphatic carbocycles. The van der Waals surface area contributed by atoms with Gasteiger partial charge in [0.25, 0.3) is 0 Å². The first-order valence-corrected chi connectivity index (χ1v) is 8.67. The summed E-state index contributed by atoms with van der Waals surface area (Å²) in [6, 6.07) is 7.03. The predicted octanol–water partition coefficient (Wildman–Crippen LogP) is 4.02. The number of piperidine rings is 2. The van der Waals surface area contributed by atoms with E-state index in [4.69, 9.17) is 11.6 Å². The molecule has 0 spiro atoms. The van der Waals surface area contributed by atoms with Crippen molar-refractivity contribution in [3.8, 4) is 0 Å². The Bertz CT molecular complexity index is 480. The Labute approximate surface area is 135 Å². The lowest BCUT2D eigenvalue weighted by Gasteiger charge is -2.46. The van der Waals surface area contributed by atoms with Gasteiger partial charge in [-0.2, -0.15) is 0 Å². The van der Waals surface area contributed by atoms with Crippen LogP contribution in [0.5, 0.6) is 0 Å². The fraction of sp³-hybridized carbons (Fsp3) is 0.625. The van der Waals surface area contributed by atoms with E-state index >= 15 is 0 Å². The minimum atomic E-state index is 0.806. The lowest BCUT2D eigenvalue weighted by atomic mass is 9.84. The molecule has 110 valence electrons. The van der Waals surface area contributed by atoms with E-state index in [-0.39, 0.29) is 0 Å². The normalized spacial score (nSPS) is 28.4. The Morgan fingerprint density at radius 3 is 2.95 bits per heavy atom. The summed E-state index contributed by atoms with van der Waals surface area (Å²) in [5.41, 5.74) is 1.25. The van der Waals surface area contributed by atoms with Gasteiger partial charge >= 0.3 is 0 Å². The van der Waals surface area contributed by atoms with E-state index < -0.39 is 0 Å². The van der Waals surface area contributed by atoms with Gasteiger partial charge in [-0.3, -0.25) is 4.90 Å². The van der Waals surface area contributed by atoms with Crippen molar-refractivity contribution in [2.24, 2.45) is 5.92 Å². The number of hydrogen-bond donors (Lipinski definition) is 0. The first-order valence-electron chi connectivity index (χ1n) is 7.50. The Kier molecular flexibility index (Phi) is 4.71. The van der Waals surface area contributed by atoms with Crippen molar-refractivity contribution in [3.05, 3.63) is 33.3 Å². The largest absolute Gasteiger partial charge is 0.303 e. The maximum Gasteiger partial charge on any atom is 0.0462 e. The summed E-state index contributed by atoms with van der Waals surface area (Å²) in [4.78, 5) is 5.15. The molecule has 0 radical (unpaired) electrons. The molecule has 2 nitrogen and oxygen atoms in total. The molecule has 3 rings (SSSR count). The van der Waals surface area contributed by atoms with Crippen molar-refractivity contribution in [3.63, 3.8) is 0 Å². The molecular formula is C16H22BrClN2. The van der Waals surface area contributed by atoms with Crippen molar-refractivity contribution in [2.45, 2.75) is 31.8 Å². The summed E-state index contributed by atoms with van der Waals surface area (Å²) in [6.07, 6.45) is 4.04. The highest BCUT2D eigenvalue weighted by Crippen LogP contribution is 2.31. The average molecular weight is 358 g/mol. The molecule has 2 atom stereocenters. The van der Waals surface area contributed by atoms with Crippen LogP contribution in [0.15, 0.2) is 22.7 Å². The minimum Gasteiger partial charge on any atom is -0.303 e. The zero-order valence-electron chi connectivity index (χ0n) is 12.0. The second-order valence-corrected chi connectivity index (χ2v) is 7.53. The van der Waals surface area contributed by atoms with Crippen LogP contribution in [-0.4, -0.2) is 42.5 Å². The van der Waals surface area contributed by atoms with Crippen LogP contribution < -0.4 is 0 Å². The molecule has 0 N–H and O–H groups in total. The van der Waals surface area contributed by atoms with Crippen LogP contribution in [0.3, 0.4) is 0 Å². The fourth-order valence-corrected chi connectivity index (χ4v) is 4.50. The number of halogens is 2. The van der Waals surface area contributed by atoms with Crippen LogP contribution in [0.4, 0.5) is 0 Å². The Balaban J connectivity index is 1.64. The highest BCUT2D eigenvalue weighted by molar-refractivity contribution is 9.10. The molecule has 2 heterocycles. The number of fused-ring (bicyclic) bond motifs is 1. The highest BCUT2D eigenvalue weighted by atomic mass is 79.9. The van der Waals surface area contributed by atoms with E-state index in [2.05, 4.69) is 44.9 Å². The molecule has 2 aliphatic rings. The third kappa shape index (κ3) is 3.22. The summed E-state index contributed by atoms with van der Waals surface area (Å²) < 4.78 is 1.05. The van der Waals surface area contributed by atoms with Crippen LogP contribution in [0.2, 0.25) is 5.02 Å². The van der Waals surface area contributed by atoms with Gasteiger partial charge in [0.2, 0.25) is 0 Å². The maximum atomic E-state index is 6.34. The third-order valence-corrected chi connectivity index (χ3v) is 5.68. The Morgan fingerprint density at radius 2 is 2.15 bits per heavy atom. The Hall–Kier alpha value is -0.0900. The Morgan fingerprint density at radius 1 is 1.30 bits per heavy atom. The summed E-state index contributed by atoms with van der Waals surface area (Å²) in [5, 5.41) is 0.877. The van der Waals surface area contributed by atoms with Gasteiger partial charge in [-0.05, 0) is 63.0 Å². The molecule has 2 unspecified atom stereocenters. The quantitative estimate of drug-likeness (QED) is 0.789. The van der Waals surface area contributed by atoms with Crippen molar-refractivity contribution in [2.75, 3.05) is 26.7 Å². The van der Waals surface area contributed by atoms with E-state index in [0.717, 1.165) is 28.0 Å². The molecule has 2 saturated heterocycles. The van der Waals surface area contributed by atoms with Gasteiger partial charge in [-0.15, -0.1) is 0 Å². The van der Waals surface area contributed by atoms with Crippen molar-refractivity contribution >= 4 is 27.5 Å². The van der Waals surface area contributed by atoms with Crippen LogP contribution >= 0.6 is 27.5 Å². The van der Waals surface area contributed by atoms with Gasteiger partial charge in [0.15, 0.2) is 0 Å². The van der Waals surface area contributed by atoms with Gasteiger partial charge in [-0.1, -0.05) is 33.6 Å². The second-order valence-electron chi connectivity index (χ2n) is 6.21. The number of likely N-dealkylation sites (tertiary alicyclic amines) is 2.